The predicted octanol–water partition coefficient (Wildman–Crippen LogP) is 3.41. The third-order valence-corrected chi connectivity index (χ3v) is 3.83. The summed E-state index contributed by atoms with van der Waals surface area (Å²) in [6, 6.07) is 8.63. The number of allylic oxidation sites excluding steroid dienone is 1. The van der Waals surface area contributed by atoms with Gasteiger partial charge in [-0.05, 0) is 61.4 Å². The molecule has 0 atom stereocenters. The standard InChI is InChI=1S/C19H15NO4/c1-11-9-14-16(10-12(11)2)24-19(23)17(18(14)22)15(21)7-6-13-5-3-4-8-20-13/h3-10,22H,1-2H3/b7-6+. The van der Waals surface area contributed by atoms with Crippen LogP contribution in [0.1, 0.15) is 27.2 Å². The number of hydrogen-bond donors (Lipinski definition) is 1. The fraction of sp³-hybridized carbons (Fsp3) is 0.105. The van der Waals surface area contributed by atoms with Gasteiger partial charge in [0.15, 0.2) is 5.78 Å². The number of aromatic nitrogens is 1. The van der Waals surface area contributed by atoms with Gasteiger partial charge in [0.25, 0.3) is 0 Å². The van der Waals surface area contributed by atoms with E-state index in [9.17, 15) is 14.7 Å². The molecule has 0 radical (unpaired) electrons. The highest BCUT2D eigenvalue weighted by Gasteiger charge is 2.19. The van der Waals surface area contributed by atoms with E-state index in [-0.39, 0.29) is 16.9 Å². The Morgan fingerprint density at radius 2 is 1.96 bits per heavy atom. The van der Waals surface area contributed by atoms with Crippen LogP contribution in [0.5, 0.6) is 5.75 Å². The maximum Gasteiger partial charge on any atom is 0.351 e. The Kier molecular flexibility index (Phi) is 4.00. The lowest BCUT2D eigenvalue weighted by Crippen LogP contribution is -2.13. The van der Waals surface area contributed by atoms with Gasteiger partial charge in [-0.15, -0.1) is 0 Å². The van der Waals surface area contributed by atoms with E-state index in [0.717, 1.165) is 11.1 Å². The van der Waals surface area contributed by atoms with Crippen LogP contribution in [0.25, 0.3) is 17.0 Å². The largest absolute Gasteiger partial charge is 0.506 e. The lowest BCUT2D eigenvalue weighted by Gasteiger charge is -2.07. The number of ketones is 1. The molecule has 0 unspecified atom stereocenters. The Balaban J connectivity index is 2.09. The van der Waals surface area contributed by atoms with Gasteiger partial charge in [-0.3, -0.25) is 9.78 Å². The second-order valence-corrected chi connectivity index (χ2v) is 5.50. The lowest BCUT2D eigenvalue weighted by molar-refractivity contribution is 0.104. The first-order chi connectivity index (χ1) is 11.5. The number of benzene rings is 1. The van der Waals surface area contributed by atoms with Gasteiger partial charge in [0, 0.05) is 6.20 Å². The summed E-state index contributed by atoms with van der Waals surface area (Å²) >= 11 is 0. The third kappa shape index (κ3) is 2.84. The molecule has 0 aliphatic heterocycles. The highest BCUT2D eigenvalue weighted by molar-refractivity contribution is 6.10. The summed E-state index contributed by atoms with van der Waals surface area (Å²) in [5, 5.41) is 10.7. The molecule has 3 aromatic rings. The molecule has 1 N–H and O–H groups in total. The summed E-state index contributed by atoms with van der Waals surface area (Å²) in [5.74, 6) is -0.993. The highest BCUT2D eigenvalue weighted by atomic mass is 16.4. The van der Waals surface area contributed by atoms with Crippen molar-refractivity contribution < 1.29 is 14.3 Å². The van der Waals surface area contributed by atoms with E-state index in [0.29, 0.717) is 11.1 Å². The Hall–Kier alpha value is -3.21. The summed E-state index contributed by atoms with van der Waals surface area (Å²) in [7, 11) is 0. The first kappa shape index (κ1) is 15.7. The van der Waals surface area contributed by atoms with Crippen LogP contribution >= 0.6 is 0 Å². The second-order valence-electron chi connectivity index (χ2n) is 5.50. The van der Waals surface area contributed by atoms with E-state index in [1.807, 2.05) is 13.8 Å². The Morgan fingerprint density at radius 3 is 2.67 bits per heavy atom. The molecule has 0 aliphatic carbocycles. The Labute approximate surface area is 137 Å². The van der Waals surface area contributed by atoms with E-state index < -0.39 is 11.4 Å². The number of carbonyl (C=O) groups excluding carboxylic acids is 1. The van der Waals surface area contributed by atoms with Crippen LogP contribution in [-0.4, -0.2) is 15.9 Å². The van der Waals surface area contributed by atoms with Crippen LogP contribution in [0.2, 0.25) is 0 Å². The molecule has 0 saturated carbocycles. The Morgan fingerprint density at radius 1 is 1.21 bits per heavy atom. The first-order valence-electron chi connectivity index (χ1n) is 7.38. The number of carbonyl (C=O) groups is 1. The van der Waals surface area contributed by atoms with Crippen LogP contribution in [0, 0.1) is 13.8 Å². The van der Waals surface area contributed by atoms with E-state index in [1.165, 1.54) is 12.2 Å². The van der Waals surface area contributed by atoms with E-state index in [2.05, 4.69) is 4.98 Å². The van der Waals surface area contributed by atoms with Gasteiger partial charge in [0.1, 0.15) is 16.9 Å². The lowest BCUT2D eigenvalue weighted by atomic mass is 10.0. The highest BCUT2D eigenvalue weighted by Crippen LogP contribution is 2.29. The molecule has 24 heavy (non-hydrogen) atoms. The van der Waals surface area contributed by atoms with Crippen molar-refractivity contribution in [2.45, 2.75) is 13.8 Å². The molecule has 1 aromatic carbocycles. The first-order valence-corrected chi connectivity index (χ1v) is 7.38. The SMILES string of the molecule is Cc1cc2oc(=O)c(C(=O)/C=C/c3ccccn3)c(O)c2cc1C. The van der Waals surface area contributed by atoms with Crippen molar-refractivity contribution in [2.75, 3.05) is 0 Å². The normalized spacial score (nSPS) is 11.2. The van der Waals surface area contributed by atoms with Crippen molar-refractivity contribution in [1.82, 2.24) is 4.98 Å². The van der Waals surface area contributed by atoms with Crippen molar-refractivity contribution >= 4 is 22.8 Å². The van der Waals surface area contributed by atoms with Crippen molar-refractivity contribution in [3.63, 3.8) is 0 Å². The van der Waals surface area contributed by atoms with Crippen molar-refractivity contribution in [1.29, 1.82) is 0 Å². The number of hydrogen-bond acceptors (Lipinski definition) is 5. The average Bonchev–Trinajstić information content (AvgIpc) is 2.56. The van der Waals surface area contributed by atoms with Crippen molar-refractivity contribution in [2.24, 2.45) is 0 Å². The monoisotopic (exact) mass is 321 g/mol. The minimum atomic E-state index is -0.862. The summed E-state index contributed by atoms with van der Waals surface area (Å²) in [4.78, 5) is 28.5. The van der Waals surface area contributed by atoms with Crippen LogP contribution in [-0.2, 0) is 0 Å². The zero-order valence-corrected chi connectivity index (χ0v) is 13.2. The van der Waals surface area contributed by atoms with Gasteiger partial charge in [0.05, 0.1) is 11.1 Å². The van der Waals surface area contributed by atoms with E-state index >= 15 is 0 Å². The minimum absolute atomic E-state index is 0.255. The average molecular weight is 321 g/mol. The molecule has 0 aliphatic rings. The molecule has 5 nitrogen and oxygen atoms in total. The smallest absolute Gasteiger partial charge is 0.351 e. The topological polar surface area (TPSA) is 80.4 Å². The molecule has 0 saturated heterocycles. The molecule has 120 valence electrons. The molecular weight excluding hydrogens is 306 g/mol. The molecule has 0 fully saturated rings. The number of rotatable bonds is 3. The van der Waals surface area contributed by atoms with Gasteiger partial charge in [-0.25, -0.2) is 4.79 Å². The molecular formula is C19H15NO4. The predicted molar refractivity (Wildman–Crippen MR) is 91.2 cm³/mol. The van der Waals surface area contributed by atoms with Crippen LogP contribution in [0.4, 0.5) is 0 Å². The summed E-state index contributed by atoms with van der Waals surface area (Å²) in [5.41, 5.74) is 1.44. The molecule has 0 bridgehead atoms. The summed E-state index contributed by atoms with van der Waals surface area (Å²) < 4.78 is 5.20. The summed E-state index contributed by atoms with van der Waals surface area (Å²) in [6.07, 6.45) is 4.27. The molecule has 0 amide bonds. The second kappa shape index (κ2) is 6.12. The van der Waals surface area contributed by atoms with Gasteiger partial charge in [0.2, 0.25) is 0 Å². The number of aromatic hydroxyl groups is 1. The third-order valence-electron chi connectivity index (χ3n) is 3.83. The molecule has 0 spiro atoms. The Bertz CT molecular complexity index is 1020. The van der Waals surface area contributed by atoms with Crippen LogP contribution < -0.4 is 5.63 Å². The zero-order valence-electron chi connectivity index (χ0n) is 13.2. The molecule has 2 heterocycles. The van der Waals surface area contributed by atoms with Gasteiger partial charge in [-0.2, -0.15) is 0 Å². The van der Waals surface area contributed by atoms with Gasteiger partial charge in [-0.1, -0.05) is 6.07 Å². The number of aryl methyl sites for hydroxylation is 2. The number of pyridine rings is 1. The van der Waals surface area contributed by atoms with Gasteiger partial charge >= 0.3 is 5.63 Å². The quantitative estimate of drug-likeness (QED) is 0.454. The van der Waals surface area contributed by atoms with Crippen molar-refractivity contribution in [3.8, 4) is 5.75 Å². The number of nitrogens with zero attached hydrogens (tertiary/aromatic N) is 1. The zero-order chi connectivity index (χ0) is 17.3. The molecule has 3 rings (SSSR count). The molecule has 5 heteroatoms. The maximum atomic E-state index is 12.3. The van der Waals surface area contributed by atoms with Crippen LogP contribution in [0.3, 0.4) is 0 Å². The van der Waals surface area contributed by atoms with E-state index in [1.54, 1.807) is 36.5 Å². The van der Waals surface area contributed by atoms with Crippen molar-refractivity contribution in [3.05, 3.63) is 75.4 Å². The fourth-order valence-corrected chi connectivity index (χ4v) is 2.38. The van der Waals surface area contributed by atoms with Crippen LogP contribution in [0.15, 0.2) is 51.8 Å². The maximum absolute atomic E-state index is 12.3. The summed E-state index contributed by atoms with van der Waals surface area (Å²) in [6.45, 7) is 3.75. The minimum Gasteiger partial charge on any atom is -0.506 e. The fourth-order valence-electron chi connectivity index (χ4n) is 2.38. The van der Waals surface area contributed by atoms with Gasteiger partial charge < -0.3 is 9.52 Å². The molecule has 2 aromatic heterocycles. The van der Waals surface area contributed by atoms with E-state index in [4.69, 9.17) is 4.42 Å². The number of fused-ring (bicyclic) bond motifs is 1.